The molecule has 0 aliphatic carbocycles. The quantitative estimate of drug-likeness (QED) is 0.181. The summed E-state index contributed by atoms with van der Waals surface area (Å²) in [6, 6.07) is 66.7. The van der Waals surface area contributed by atoms with Crippen LogP contribution in [-0.2, 0) is 0 Å². The molecule has 4 heteroatoms. The average Bonchev–Trinajstić information content (AvgIpc) is 3.49. The van der Waals surface area contributed by atoms with E-state index in [0.717, 1.165) is 44.9 Å². The topological polar surface area (TPSA) is 30.7 Å². The van der Waals surface area contributed by atoms with E-state index in [9.17, 15) is 0 Å². The molecule has 0 atom stereocenters. The Morgan fingerprint density at radius 1 is 0.404 bits per heavy atom. The van der Waals surface area contributed by atoms with Gasteiger partial charge in [0.25, 0.3) is 0 Å². The molecule has 1 aliphatic rings. The maximum Gasteiger partial charge on any atom is 0.160 e. The molecule has 0 amide bonds. The molecule has 0 spiro atoms. The monoisotopic (exact) mass is 681 g/mol. The van der Waals surface area contributed by atoms with Gasteiger partial charge in [0, 0.05) is 48.7 Å². The summed E-state index contributed by atoms with van der Waals surface area (Å²) in [7, 11) is 0. The maximum atomic E-state index is 5.11. The van der Waals surface area contributed by atoms with Gasteiger partial charge >= 0.3 is 0 Å². The summed E-state index contributed by atoms with van der Waals surface area (Å²) in [5, 5.41) is 1.25. The largest absolute Gasteiger partial charge is 0.309 e. The Morgan fingerprint density at radius 3 is 1.75 bits per heavy atom. The summed E-state index contributed by atoms with van der Waals surface area (Å²) in [6.07, 6.45) is 0. The van der Waals surface area contributed by atoms with Gasteiger partial charge in [0.15, 0.2) is 5.82 Å². The summed E-state index contributed by atoms with van der Waals surface area (Å²) < 4.78 is 2.46. The number of rotatable bonds is 5. The lowest BCUT2D eigenvalue weighted by Crippen LogP contribution is -1.98. The Hall–Kier alpha value is -6.49. The number of hydrogen-bond acceptors (Lipinski definition) is 3. The van der Waals surface area contributed by atoms with E-state index in [-0.39, 0.29) is 0 Å². The van der Waals surface area contributed by atoms with Gasteiger partial charge in [-0.2, -0.15) is 0 Å². The van der Waals surface area contributed by atoms with E-state index >= 15 is 0 Å². The fourth-order valence-corrected chi connectivity index (χ4v) is 8.50. The highest BCUT2D eigenvalue weighted by Crippen LogP contribution is 2.52. The molecule has 244 valence electrons. The van der Waals surface area contributed by atoms with Crippen molar-refractivity contribution < 1.29 is 0 Å². The summed E-state index contributed by atoms with van der Waals surface area (Å²) in [5.41, 5.74) is 14.5. The number of benzene rings is 7. The third kappa shape index (κ3) is 5.24. The molecule has 2 aromatic heterocycles. The fourth-order valence-electron chi connectivity index (χ4n) is 7.42. The summed E-state index contributed by atoms with van der Waals surface area (Å²) in [6.45, 7) is 0. The van der Waals surface area contributed by atoms with E-state index in [0.29, 0.717) is 5.82 Å². The van der Waals surface area contributed by atoms with Crippen LogP contribution in [0.3, 0.4) is 0 Å². The van der Waals surface area contributed by atoms with Gasteiger partial charge in [-0.05, 0) is 59.2 Å². The van der Waals surface area contributed by atoms with Gasteiger partial charge in [0.2, 0.25) is 0 Å². The maximum absolute atomic E-state index is 5.11. The van der Waals surface area contributed by atoms with Gasteiger partial charge in [-0.1, -0.05) is 157 Å². The third-order valence-electron chi connectivity index (χ3n) is 9.82. The van der Waals surface area contributed by atoms with Crippen LogP contribution in [0.5, 0.6) is 0 Å². The van der Waals surface area contributed by atoms with Crippen LogP contribution in [0, 0.1) is 0 Å². The SMILES string of the molecule is c1ccc(-c2cc(-c3cccc(-c4cccc(-n5c6c(c7ccccc75)-c5ccccc5Sc5ccccc5-6)c4)c3)nc(-c3ccccc3)n2)cc1. The Labute approximate surface area is 306 Å². The minimum atomic E-state index is 0.713. The van der Waals surface area contributed by atoms with Crippen LogP contribution in [0.1, 0.15) is 0 Å². The summed E-state index contributed by atoms with van der Waals surface area (Å²) in [4.78, 5) is 12.6. The van der Waals surface area contributed by atoms with Crippen molar-refractivity contribution >= 4 is 22.7 Å². The molecule has 0 radical (unpaired) electrons. The zero-order valence-electron chi connectivity index (χ0n) is 28.1. The lowest BCUT2D eigenvalue weighted by Gasteiger charge is -2.15. The molecule has 9 aromatic rings. The minimum absolute atomic E-state index is 0.713. The van der Waals surface area contributed by atoms with Gasteiger partial charge in [-0.3, -0.25) is 0 Å². The number of para-hydroxylation sites is 1. The highest BCUT2D eigenvalue weighted by Gasteiger charge is 2.27. The molecule has 0 unspecified atom stereocenters. The minimum Gasteiger partial charge on any atom is -0.309 e. The van der Waals surface area contributed by atoms with Gasteiger partial charge in [0.1, 0.15) is 0 Å². The van der Waals surface area contributed by atoms with Crippen LogP contribution in [0.4, 0.5) is 0 Å². The van der Waals surface area contributed by atoms with E-state index in [4.69, 9.17) is 9.97 Å². The van der Waals surface area contributed by atoms with Crippen LogP contribution in [0.2, 0.25) is 0 Å². The lowest BCUT2D eigenvalue weighted by molar-refractivity contribution is 1.13. The molecule has 0 saturated carbocycles. The Morgan fingerprint density at radius 2 is 0.962 bits per heavy atom. The second-order valence-corrected chi connectivity index (χ2v) is 14.1. The molecule has 52 heavy (non-hydrogen) atoms. The van der Waals surface area contributed by atoms with Gasteiger partial charge in [-0.15, -0.1) is 0 Å². The molecule has 0 N–H and O–H groups in total. The molecule has 10 rings (SSSR count). The number of aromatic nitrogens is 3. The van der Waals surface area contributed by atoms with Crippen molar-refractivity contribution in [2.24, 2.45) is 0 Å². The number of nitrogens with zero attached hydrogens (tertiary/aromatic N) is 3. The van der Waals surface area contributed by atoms with E-state index in [1.165, 1.54) is 43.1 Å². The first-order chi connectivity index (χ1) is 25.8. The molecule has 0 saturated heterocycles. The first kappa shape index (κ1) is 30.3. The van der Waals surface area contributed by atoms with Crippen LogP contribution in [0.25, 0.3) is 84.0 Å². The normalized spacial score (nSPS) is 11.8. The van der Waals surface area contributed by atoms with Crippen molar-refractivity contribution in [3.8, 4) is 73.1 Å². The Bertz CT molecular complexity index is 2710. The molecule has 3 heterocycles. The third-order valence-corrected chi connectivity index (χ3v) is 11.0. The van der Waals surface area contributed by atoms with Crippen molar-refractivity contribution in [1.29, 1.82) is 0 Å². The van der Waals surface area contributed by atoms with Gasteiger partial charge in [-0.25, -0.2) is 9.97 Å². The first-order valence-corrected chi connectivity index (χ1v) is 18.3. The predicted molar refractivity (Wildman–Crippen MR) is 216 cm³/mol. The van der Waals surface area contributed by atoms with Crippen molar-refractivity contribution in [3.63, 3.8) is 0 Å². The highest BCUT2D eigenvalue weighted by atomic mass is 32.2. The highest BCUT2D eigenvalue weighted by molar-refractivity contribution is 7.99. The number of fused-ring (bicyclic) bond motifs is 7. The molecule has 3 nitrogen and oxygen atoms in total. The van der Waals surface area contributed by atoms with E-state index in [1.807, 2.05) is 36.0 Å². The average molecular weight is 682 g/mol. The summed E-state index contributed by atoms with van der Waals surface area (Å²) in [5.74, 6) is 0.713. The van der Waals surface area contributed by atoms with Crippen molar-refractivity contribution in [1.82, 2.24) is 14.5 Å². The predicted octanol–water partition coefficient (Wildman–Crippen LogP) is 12.9. The van der Waals surface area contributed by atoms with Crippen molar-refractivity contribution in [3.05, 3.63) is 188 Å². The fraction of sp³-hybridized carbons (Fsp3) is 0. The van der Waals surface area contributed by atoms with Crippen molar-refractivity contribution in [2.45, 2.75) is 9.79 Å². The molecular formula is C48H31N3S. The molecule has 0 fully saturated rings. The van der Waals surface area contributed by atoms with Crippen LogP contribution in [-0.4, -0.2) is 14.5 Å². The van der Waals surface area contributed by atoms with Gasteiger partial charge in [0.05, 0.1) is 22.6 Å². The van der Waals surface area contributed by atoms with E-state index in [1.54, 1.807) is 0 Å². The molecule has 7 aromatic carbocycles. The van der Waals surface area contributed by atoms with E-state index in [2.05, 4.69) is 168 Å². The standard InChI is InChI=1S/C48H31N3S/c1-3-15-32(16-4-1)41-31-42(50-48(49-41)33-17-5-2-6-18-33)36-21-13-19-34(29-36)35-20-14-22-37(30-35)51-43-26-10-7-23-38(43)46-39-24-8-11-27-44(39)52-45-28-12-9-25-40(45)47(46)51/h1-31H. The van der Waals surface area contributed by atoms with Gasteiger partial charge < -0.3 is 4.57 Å². The second-order valence-electron chi connectivity index (χ2n) is 13.0. The zero-order chi connectivity index (χ0) is 34.4. The van der Waals surface area contributed by atoms with Crippen LogP contribution < -0.4 is 0 Å². The smallest absolute Gasteiger partial charge is 0.160 e. The second kappa shape index (κ2) is 12.7. The summed E-state index contributed by atoms with van der Waals surface area (Å²) >= 11 is 1.85. The molecule has 0 bridgehead atoms. The van der Waals surface area contributed by atoms with Crippen LogP contribution >= 0.6 is 11.8 Å². The van der Waals surface area contributed by atoms with Crippen molar-refractivity contribution in [2.75, 3.05) is 0 Å². The number of hydrogen-bond donors (Lipinski definition) is 0. The molecule has 1 aliphatic heterocycles. The zero-order valence-corrected chi connectivity index (χ0v) is 29.0. The Balaban J connectivity index is 1.14. The van der Waals surface area contributed by atoms with Crippen LogP contribution in [0.15, 0.2) is 198 Å². The van der Waals surface area contributed by atoms with E-state index < -0.39 is 0 Å². The lowest BCUT2D eigenvalue weighted by atomic mass is 9.98. The first-order valence-electron chi connectivity index (χ1n) is 17.5. The molecular weight excluding hydrogens is 651 g/mol. The Kier molecular flexibility index (Phi) is 7.40.